The molecule has 0 atom stereocenters. The van der Waals surface area contributed by atoms with Crippen LogP contribution in [0.2, 0.25) is 0 Å². The number of nitrogens with zero attached hydrogens (tertiary/aromatic N) is 5. The van der Waals surface area contributed by atoms with Crippen LogP contribution >= 0.6 is 0 Å². The summed E-state index contributed by atoms with van der Waals surface area (Å²) in [5, 5.41) is 0. The number of aromatic nitrogens is 3. The lowest BCUT2D eigenvalue weighted by atomic mass is 10.0. The minimum atomic E-state index is -0.143. The van der Waals surface area contributed by atoms with E-state index < -0.39 is 0 Å². The molecule has 0 amide bonds. The second-order valence-electron chi connectivity index (χ2n) is 7.21. The van der Waals surface area contributed by atoms with Crippen molar-refractivity contribution >= 4 is 11.8 Å². The summed E-state index contributed by atoms with van der Waals surface area (Å²) in [6.45, 7) is 7.62. The molecular weight excluding hydrogens is 370 g/mol. The molecule has 0 radical (unpaired) electrons. The van der Waals surface area contributed by atoms with Crippen LogP contribution in [0.25, 0.3) is 11.4 Å². The van der Waals surface area contributed by atoms with E-state index in [1.165, 1.54) is 5.56 Å². The number of esters is 1. The van der Waals surface area contributed by atoms with Crippen molar-refractivity contribution in [1.29, 1.82) is 0 Å². The maximum Gasteiger partial charge on any atom is 0.307 e. The summed E-state index contributed by atoms with van der Waals surface area (Å²) >= 11 is 0. The van der Waals surface area contributed by atoms with Gasteiger partial charge in [0.15, 0.2) is 5.82 Å². The van der Waals surface area contributed by atoms with E-state index in [1.54, 1.807) is 12.4 Å². The molecule has 8 nitrogen and oxygen atoms in total. The van der Waals surface area contributed by atoms with Gasteiger partial charge in [0.1, 0.15) is 5.82 Å². The first-order valence-electron chi connectivity index (χ1n) is 10.3. The first-order valence-corrected chi connectivity index (χ1v) is 10.3. The zero-order valence-electron chi connectivity index (χ0n) is 16.8. The average Bonchev–Trinajstić information content (AvgIpc) is 2.78. The Morgan fingerprint density at radius 3 is 2.72 bits per heavy atom. The number of morpholine rings is 1. The standard InChI is InChI=1S/C21H27N5O3/c1-2-29-19(27)6-10-25-9-5-18-17(15-25)21(26-11-13-28-14-12-26)24-20(23-18)16-3-7-22-8-4-16/h3-4,7-8H,2,5-6,9-15H2,1H3. The van der Waals surface area contributed by atoms with Gasteiger partial charge in [-0.05, 0) is 19.1 Å². The highest BCUT2D eigenvalue weighted by Gasteiger charge is 2.26. The minimum Gasteiger partial charge on any atom is -0.466 e. The number of carbonyl (C=O) groups is 1. The Labute approximate surface area is 170 Å². The monoisotopic (exact) mass is 397 g/mol. The maximum absolute atomic E-state index is 11.7. The third kappa shape index (κ3) is 4.71. The van der Waals surface area contributed by atoms with Crippen molar-refractivity contribution in [2.75, 3.05) is 50.9 Å². The zero-order chi connectivity index (χ0) is 20.1. The van der Waals surface area contributed by atoms with Crippen molar-refractivity contribution < 1.29 is 14.3 Å². The number of anilines is 1. The lowest BCUT2D eigenvalue weighted by Crippen LogP contribution is -2.40. The fraction of sp³-hybridized carbons (Fsp3) is 0.524. The van der Waals surface area contributed by atoms with E-state index in [0.29, 0.717) is 32.8 Å². The summed E-state index contributed by atoms with van der Waals surface area (Å²) in [6.07, 6.45) is 4.79. The molecule has 2 aromatic heterocycles. The number of hydrogen-bond acceptors (Lipinski definition) is 8. The Kier molecular flexibility index (Phi) is 6.31. The quantitative estimate of drug-likeness (QED) is 0.681. The highest BCUT2D eigenvalue weighted by Crippen LogP contribution is 2.30. The van der Waals surface area contributed by atoms with Crippen molar-refractivity contribution in [3.05, 3.63) is 35.8 Å². The van der Waals surface area contributed by atoms with Gasteiger partial charge in [-0.1, -0.05) is 0 Å². The van der Waals surface area contributed by atoms with Gasteiger partial charge in [-0.15, -0.1) is 0 Å². The van der Waals surface area contributed by atoms with Crippen LogP contribution < -0.4 is 4.90 Å². The zero-order valence-corrected chi connectivity index (χ0v) is 16.8. The molecule has 2 aliphatic heterocycles. The molecule has 1 fully saturated rings. The van der Waals surface area contributed by atoms with Crippen LogP contribution in [-0.4, -0.2) is 71.8 Å². The molecule has 29 heavy (non-hydrogen) atoms. The summed E-state index contributed by atoms with van der Waals surface area (Å²) in [4.78, 5) is 30.3. The van der Waals surface area contributed by atoms with E-state index in [9.17, 15) is 4.79 Å². The van der Waals surface area contributed by atoms with E-state index in [-0.39, 0.29) is 5.97 Å². The summed E-state index contributed by atoms with van der Waals surface area (Å²) < 4.78 is 10.6. The SMILES string of the molecule is CCOC(=O)CCN1CCc2nc(-c3ccncc3)nc(N3CCOCC3)c2C1. The second kappa shape index (κ2) is 9.28. The van der Waals surface area contributed by atoms with E-state index in [1.807, 2.05) is 19.1 Å². The Balaban J connectivity index is 1.61. The Bertz CT molecular complexity index is 840. The molecule has 0 N–H and O–H groups in total. The minimum absolute atomic E-state index is 0.143. The van der Waals surface area contributed by atoms with Crippen LogP contribution in [0, 0.1) is 0 Å². The number of rotatable bonds is 6. The summed E-state index contributed by atoms with van der Waals surface area (Å²) in [6, 6.07) is 3.89. The summed E-state index contributed by atoms with van der Waals surface area (Å²) in [7, 11) is 0. The van der Waals surface area contributed by atoms with Gasteiger partial charge in [-0.3, -0.25) is 14.7 Å². The molecule has 2 aliphatic rings. The highest BCUT2D eigenvalue weighted by molar-refractivity contribution is 5.69. The van der Waals surface area contributed by atoms with Crippen LogP contribution in [0.15, 0.2) is 24.5 Å². The molecule has 0 saturated carbocycles. The fourth-order valence-electron chi connectivity index (χ4n) is 3.79. The van der Waals surface area contributed by atoms with Crippen LogP contribution in [0.4, 0.5) is 5.82 Å². The van der Waals surface area contributed by atoms with Gasteiger partial charge in [-0.25, -0.2) is 9.97 Å². The molecule has 154 valence electrons. The topological polar surface area (TPSA) is 80.7 Å². The predicted octanol–water partition coefficient (Wildman–Crippen LogP) is 1.69. The molecule has 2 aromatic rings. The molecular formula is C21H27N5O3. The molecule has 0 aliphatic carbocycles. The van der Waals surface area contributed by atoms with Crippen molar-refractivity contribution in [3.8, 4) is 11.4 Å². The molecule has 4 rings (SSSR count). The Morgan fingerprint density at radius 1 is 1.17 bits per heavy atom. The summed E-state index contributed by atoms with van der Waals surface area (Å²) in [5.41, 5.74) is 3.24. The van der Waals surface area contributed by atoms with Crippen LogP contribution in [0.3, 0.4) is 0 Å². The lowest BCUT2D eigenvalue weighted by Gasteiger charge is -2.34. The second-order valence-corrected chi connectivity index (χ2v) is 7.21. The Morgan fingerprint density at radius 2 is 1.97 bits per heavy atom. The van der Waals surface area contributed by atoms with E-state index >= 15 is 0 Å². The largest absolute Gasteiger partial charge is 0.466 e. The fourth-order valence-corrected chi connectivity index (χ4v) is 3.79. The number of pyridine rings is 1. The molecule has 4 heterocycles. The van der Waals surface area contributed by atoms with Crippen molar-refractivity contribution in [3.63, 3.8) is 0 Å². The average molecular weight is 397 g/mol. The third-order valence-corrected chi connectivity index (χ3v) is 5.30. The normalized spacial score (nSPS) is 17.1. The molecule has 0 unspecified atom stereocenters. The van der Waals surface area contributed by atoms with Crippen molar-refractivity contribution in [2.24, 2.45) is 0 Å². The maximum atomic E-state index is 11.7. The lowest BCUT2D eigenvalue weighted by molar-refractivity contribution is -0.143. The van der Waals surface area contributed by atoms with E-state index in [0.717, 1.165) is 55.5 Å². The first kappa shape index (κ1) is 19.7. The third-order valence-electron chi connectivity index (χ3n) is 5.30. The molecule has 1 saturated heterocycles. The molecule has 0 spiro atoms. The number of fused-ring (bicyclic) bond motifs is 1. The van der Waals surface area contributed by atoms with Gasteiger partial charge in [0.25, 0.3) is 0 Å². The van der Waals surface area contributed by atoms with Crippen molar-refractivity contribution in [2.45, 2.75) is 26.3 Å². The van der Waals surface area contributed by atoms with Crippen molar-refractivity contribution in [1.82, 2.24) is 19.9 Å². The first-order chi connectivity index (χ1) is 14.2. The van der Waals surface area contributed by atoms with Gasteiger partial charge in [0, 0.05) is 62.7 Å². The van der Waals surface area contributed by atoms with Gasteiger partial charge in [0.2, 0.25) is 0 Å². The summed E-state index contributed by atoms with van der Waals surface area (Å²) in [5.74, 6) is 1.59. The van der Waals surface area contributed by atoms with E-state index in [4.69, 9.17) is 19.4 Å². The van der Waals surface area contributed by atoms with Gasteiger partial charge >= 0.3 is 5.97 Å². The Hall–Kier alpha value is -2.58. The van der Waals surface area contributed by atoms with E-state index in [2.05, 4.69) is 14.8 Å². The number of ether oxygens (including phenoxy) is 2. The number of hydrogen-bond donors (Lipinski definition) is 0. The predicted molar refractivity (Wildman–Crippen MR) is 109 cm³/mol. The van der Waals surface area contributed by atoms with Gasteiger partial charge in [0.05, 0.1) is 31.9 Å². The smallest absolute Gasteiger partial charge is 0.307 e. The molecule has 8 heteroatoms. The molecule has 0 aromatic carbocycles. The van der Waals surface area contributed by atoms with Crippen LogP contribution in [0.1, 0.15) is 24.6 Å². The van der Waals surface area contributed by atoms with Crippen LogP contribution in [-0.2, 0) is 27.2 Å². The van der Waals surface area contributed by atoms with Gasteiger partial charge in [-0.2, -0.15) is 0 Å². The molecule has 0 bridgehead atoms. The number of carbonyl (C=O) groups excluding carboxylic acids is 1. The highest BCUT2D eigenvalue weighted by atomic mass is 16.5. The van der Waals surface area contributed by atoms with Crippen LogP contribution in [0.5, 0.6) is 0 Å². The van der Waals surface area contributed by atoms with Gasteiger partial charge < -0.3 is 14.4 Å².